The molecule has 2 atom stereocenters. The molecule has 3 aromatic carbocycles. The first-order chi connectivity index (χ1) is 19.0. The van der Waals surface area contributed by atoms with Gasteiger partial charge < -0.3 is 15.3 Å². The largest absolute Gasteiger partial charge is 0.481 e. The predicted octanol–water partition coefficient (Wildman–Crippen LogP) is 6.17. The molecule has 0 aromatic heterocycles. The number of fused-ring (bicyclic) bond motifs is 1. The summed E-state index contributed by atoms with van der Waals surface area (Å²) in [5.41, 5.74) is 2.73. The van der Waals surface area contributed by atoms with Crippen LogP contribution in [0, 0.1) is 11.3 Å². The molecule has 0 bridgehead atoms. The highest BCUT2D eigenvalue weighted by Gasteiger charge is 2.50. The Kier molecular flexibility index (Phi) is 7.16. The third-order valence-electron chi connectivity index (χ3n) is 7.95. The maximum atomic E-state index is 13.9. The molecule has 0 unspecified atom stereocenters. The number of anilines is 1. The second kappa shape index (κ2) is 10.4. The maximum absolute atomic E-state index is 13.9. The molecule has 6 nitrogen and oxygen atoms in total. The number of alkyl halides is 3. The summed E-state index contributed by atoms with van der Waals surface area (Å²) >= 11 is 0. The molecule has 9 heteroatoms. The Bertz CT molecular complexity index is 1450. The Morgan fingerprint density at radius 3 is 2.33 bits per heavy atom. The van der Waals surface area contributed by atoms with Crippen LogP contribution in [-0.2, 0) is 29.1 Å². The molecule has 2 aliphatic rings. The zero-order valence-corrected chi connectivity index (χ0v) is 21.9. The van der Waals surface area contributed by atoms with E-state index in [1.165, 1.54) is 12.1 Å². The topological polar surface area (TPSA) is 86.7 Å². The average molecular weight is 551 g/mol. The van der Waals surface area contributed by atoms with Crippen molar-refractivity contribution >= 4 is 23.5 Å². The lowest BCUT2D eigenvalue weighted by atomic mass is 9.85. The predicted molar refractivity (Wildman–Crippen MR) is 142 cm³/mol. The van der Waals surface area contributed by atoms with Gasteiger partial charge in [0.05, 0.1) is 17.3 Å². The van der Waals surface area contributed by atoms with E-state index in [9.17, 15) is 32.7 Å². The molecule has 208 valence electrons. The fourth-order valence-electron chi connectivity index (χ4n) is 5.34. The Morgan fingerprint density at radius 2 is 1.70 bits per heavy atom. The molecule has 3 aromatic rings. The number of rotatable bonds is 9. The first kappa shape index (κ1) is 27.4. The number of carbonyl (C=O) groups excluding carboxylic acids is 2. The molecule has 1 fully saturated rings. The minimum atomic E-state index is -4.61. The Labute approximate surface area is 229 Å². The SMILES string of the molecule is C[C@@H]([C@@H](C(=O)Nc1cccc(CC2(C(=O)O)CC2)c1)c1ccc(CN2Cc3ccccc3C2=O)cc1)C(F)(F)F. The van der Waals surface area contributed by atoms with Gasteiger partial charge in [0.1, 0.15) is 0 Å². The molecule has 1 heterocycles. The lowest BCUT2D eigenvalue weighted by molar-refractivity contribution is -0.178. The summed E-state index contributed by atoms with van der Waals surface area (Å²) in [5, 5.41) is 12.1. The van der Waals surface area contributed by atoms with E-state index in [0.29, 0.717) is 49.2 Å². The monoisotopic (exact) mass is 550 g/mol. The Hall–Kier alpha value is -4.14. The molecule has 1 aliphatic carbocycles. The number of carbonyl (C=O) groups is 3. The summed E-state index contributed by atoms with van der Waals surface area (Å²) in [7, 11) is 0. The van der Waals surface area contributed by atoms with E-state index in [0.717, 1.165) is 18.1 Å². The highest BCUT2D eigenvalue weighted by atomic mass is 19.4. The summed E-state index contributed by atoms with van der Waals surface area (Å²) in [5.74, 6) is -5.25. The van der Waals surface area contributed by atoms with E-state index in [1.807, 2.05) is 12.1 Å². The van der Waals surface area contributed by atoms with Gasteiger partial charge in [-0.1, -0.05) is 61.5 Å². The van der Waals surface area contributed by atoms with Gasteiger partial charge in [-0.2, -0.15) is 13.2 Å². The van der Waals surface area contributed by atoms with Crippen molar-refractivity contribution in [3.05, 3.63) is 101 Å². The number of benzene rings is 3. The standard InChI is InChI=1S/C31H29F3N2O4/c1-19(31(32,33)34)26(27(37)35-24-7-4-5-21(15-24)16-30(13-14-30)29(39)40)22-11-9-20(10-12-22)17-36-18-23-6-2-3-8-25(23)28(36)38/h2-12,15,19,26H,13-14,16-18H2,1H3,(H,35,37)(H,39,40)/t19-,26+/m0/s1. The lowest BCUT2D eigenvalue weighted by Gasteiger charge is -2.26. The highest BCUT2D eigenvalue weighted by molar-refractivity contribution is 5.98. The lowest BCUT2D eigenvalue weighted by Crippen LogP contribution is -2.34. The summed E-state index contributed by atoms with van der Waals surface area (Å²) < 4.78 is 41.6. The molecule has 5 rings (SSSR count). The summed E-state index contributed by atoms with van der Waals surface area (Å²) in [6.07, 6.45) is -3.19. The van der Waals surface area contributed by atoms with Gasteiger partial charge in [-0.05, 0) is 59.7 Å². The van der Waals surface area contributed by atoms with Crippen LogP contribution in [0.4, 0.5) is 18.9 Å². The molecule has 0 radical (unpaired) electrons. The van der Waals surface area contributed by atoms with Gasteiger partial charge in [0.2, 0.25) is 5.91 Å². The molecule has 0 spiro atoms. The molecule has 40 heavy (non-hydrogen) atoms. The smallest absolute Gasteiger partial charge is 0.392 e. The average Bonchev–Trinajstić information content (AvgIpc) is 3.63. The summed E-state index contributed by atoms with van der Waals surface area (Å²) in [6.45, 7) is 1.74. The van der Waals surface area contributed by atoms with Gasteiger partial charge in [-0.3, -0.25) is 14.4 Å². The van der Waals surface area contributed by atoms with E-state index in [-0.39, 0.29) is 11.5 Å². The van der Waals surface area contributed by atoms with Crippen LogP contribution in [0.3, 0.4) is 0 Å². The maximum Gasteiger partial charge on any atom is 0.392 e. The van der Waals surface area contributed by atoms with Crippen LogP contribution in [0.25, 0.3) is 0 Å². The fourth-order valence-corrected chi connectivity index (χ4v) is 5.34. The van der Waals surface area contributed by atoms with Gasteiger partial charge in [-0.25, -0.2) is 0 Å². The number of carboxylic acid groups (broad SMARTS) is 1. The number of amides is 2. The third kappa shape index (κ3) is 5.59. The number of halogens is 3. The van der Waals surface area contributed by atoms with Crippen molar-refractivity contribution in [2.75, 3.05) is 5.32 Å². The molecule has 2 N–H and O–H groups in total. The van der Waals surface area contributed by atoms with E-state index < -0.39 is 35.3 Å². The number of carboxylic acids is 1. The van der Waals surface area contributed by atoms with Gasteiger partial charge in [0.15, 0.2) is 0 Å². The minimum absolute atomic E-state index is 0.0965. The van der Waals surface area contributed by atoms with E-state index in [2.05, 4.69) is 5.32 Å². The minimum Gasteiger partial charge on any atom is -0.481 e. The van der Waals surface area contributed by atoms with Crippen LogP contribution in [0.15, 0.2) is 72.8 Å². The van der Waals surface area contributed by atoms with Crippen LogP contribution in [0.5, 0.6) is 0 Å². The van der Waals surface area contributed by atoms with Crippen molar-refractivity contribution in [2.24, 2.45) is 11.3 Å². The second-order valence-corrected chi connectivity index (χ2v) is 10.8. The van der Waals surface area contributed by atoms with Crippen molar-refractivity contribution in [2.45, 2.75) is 51.4 Å². The van der Waals surface area contributed by atoms with Crippen molar-refractivity contribution < 1.29 is 32.7 Å². The van der Waals surface area contributed by atoms with Gasteiger partial charge in [-0.15, -0.1) is 0 Å². The van der Waals surface area contributed by atoms with Crippen molar-refractivity contribution in [1.29, 1.82) is 0 Å². The second-order valence-electron chi connectivity index (χ2n) is 10.8. The highest BCUT2D eigenvalue weighted by Crippen LogP contribution is 2.48. The molecule has 1 aliphatic heterocycles. The number of nitrogens with zero attached hydrogens (tertiary/aromatic N) is 1. The number of hydrogen-bond donors (Lipinski definition) is 2. The zero-order chi connectivity index (χ0) is 28.7. The molecule has 1 saturated carbocycles. The third-order valence-corrected chi connectivity index (χ3v) is 7.95. The number of nitrogens with one attached hydrogen (secondary N) is 1. The van der Waals surface area contributed by atoms with E-state index >= 15 is 0 Å². The fraction of sp³-hybridized carbons (Fsp3) is 0.323. The molecule has 2 amide bonds. The summed E-state index contributed by atoms with van der Waals surface area (Å²) in [6, 6.07) is 20.2. The van der Waals surface area contributed by atoms with Crippen molar-refractivity contribution in [3.8, 4) is 0 Å². The van der Waals surface area contributed by atoms with Crippen LogP contribution < -0.4 is 5.32 Å². The van der Waals surface area contributed by atoms with Crippen LogP contribution >= 0.6 is 0 Å². The van der Waals surface area contributed by atoms with E-state index in [4.69, 9.17) is 0 Å². The van der Waals surface area contributed by atoms with Crippen molar-refractivity contribution in [3.63, 3.8) is 0 Å². The molecular formula is C31H29F3N2O4. The van der Waals surface area contributed by atoms with Crippen LogP contribution in [0.1, 0.15) is 58.3 Å². The van der Waals surface area contributed by atoms with E-state index in [1.54, 1.807) is 53.4 Å². The quantitative estimate of drug-likeness (QED) is 0.334. The first-order valence-corrected chi connectivity index (χ1v) is 13.1. The summed E-state index contributed by atoms with van der Waals surface area (Å²) in [4.78, 5) is 39.2. The first-order valence-electron chi connectivity index (χ1n) is 13.1. The Balaban J connectivity index is 1.32. The molecular weight excluding hydrogens is 521 g/mol. The number of hydrogen-bond acceptors (Lipinski definition) is 3. The molecule has 0 saturated heterocycles. The van der Waals surface area contributed by atoms with Crippen molar-refractivity contribution in [1.82, 2.24) is 4.90 Å². The van der Waals surface area contributed by atoms with Crippen LogP contribution in [0.2, 0.25) is 0 Å². The normalized spacial score (nSPS) is 17.2. The van der Waals surface area contributed by atoms with Crippen LogP contribution in [-0.4, -0.2) is 34.0 Å². The zero-order valence-electron chi connectivity index (χ0n) is 21.9. The van der Waals surface area contributed by atoms with Gasteiger partial charge >= 0.3 is 12.1 Å². The Morgan fingerprint density at radius 1 is 1.00 bits per heavy atom. The number of aliphatic carboxylic acids is 1. The van der Waals surface area contributed by atoms with Gasteiger partial charge in [0, 0.05) is 24.3 Å². The van der Waals surface area contributed by atoms with Gasteiger partial charge in [0.25, 0.3) is 5.91 Å².